The van der Waals surface area contributed by atoms with Crippen molar-refractivity contribution in [1.29, 1.82) is 5.26 Å². The molecule has 2 aromatic heterocycles. The molecule has 5 rings (SSSR count). The number of hydrogen-bond donors (Lipinski definition) is 3. The Morgan fingerprint density at radius 1 is 1.31 bits per heavy atom. The molecular formula is C23H22N4O5. The van der Waals surface area contributed by atoms with Crippen molar-refractivity contribution in [3.8, 4) is 17.6 Å². The molecule has 2 aliphatic rings. The van der Waals surface area contributed by atoms with Crippen LogP contribution in [0.1, 0.15) is 33.9 Å². The molecule has 3 N–H and O–H groups in total. The minimum Gasteiger partial charge on any atom is -0.491 e. The minimum absolute atomic E-state index is 0.140. The fraction of sp³-hybridized carbons (Fsp3) is 0.348. The Morgan fingerprint density at radius 2 is 2.16 bits per heavy atom. The van der Waals surface area contributed by atoms with Crippen molar-refractivity contribution >= 4 is 16.9 Å². The normalized spacial score (nSPS) is 24.9. The molecule has 1 aliphatic carbocycles. The summed E-state index contributed by atoms with van der Waals surface area (Å²) in [5, 5.41) is 34.7. The van der Waals surface area contributed by atoms with Gasteiger partial charge in [0.25, 0.3) is 5.91 Å². The summed E-state index contributed by atoms with van der Waals surface area (Å²) >= 11 is 0. The van der Waals surface area contributed by atoms with Gasteiger partial charge in [0.15, 0.2) is 0 Å². The summed E-state index contributed by atoms with van der Waals surface area (Å²) in [6.45, 7) is 2.59. The van der Waals surface area contributed by atoms with E-state index >= 15 is 0 Å². The number of aliphatic hydroxyl groups excluding tert-OH is 2. The molecule has 164 valence electrons. The van der Waals surface area contributed by atoms with Crippen LogP contribution in [0.25, 0.3) is 11.0 Å². The lowest BCUT2D eigenvalue weighted by Gasteiger charge is -2.20. The van der Waals surface area contributed by atoms with E-state index in [0.717, 1.165) is 16.6 Å². The highest BCUT2D eigenvalue weighted by molar-refractivity contribution is 6.00. The zero-order valence-electron chi connectivity index (χ0n) is 17.4. The number of hydrogen-bond acceptors (Lipinski definition) is 7. The van der Waals surface area contributed by atoms with Crippen LogP contribution >= 0.6 is 0 Å². The molecule has 0 unspecified atom stereocenters. The molecule has 0 bridgehead atoms. The number of pyridine rings is 1. The fourth-order valence-electron chi connectivity index (χ4n) is 4.48. The third kappa shape index (κ3) is 3.25. The first-order valence-corrected chi connectivity index (χ1v) is 10.4. The summed E-state index contributed by atoms with van der Waals surface area (Å²) < 4.78 is 13.5. The maximum absolute atomic E-state index is 12.6. The first-order valence-electron chi connectivity index (χ1n) is 10.4. The Morgan fingerprint density at radius 3 is 2.97 bits per heavy atom. The highest BCUT2D eigenvalue weighted by Crippen LogP contribution is 2.39. The van der Waals surface area contributed by atoms with Crippen LogP contribution in [0.5, 0.6) is 11.5 Å². The third-order valence-electron chi connectivity index (χ3n) is 6.14. The summed E-state index contributed by atoms with van der Waals surface area (Å²) in [7, 11) is 0. The number of benzene rings is 1. The standard InChI is InChI=1S/C23H22N4O5/c1-12-2-4-25-22-14(12)3-6-27(22)15-10-18(21(29)20(15)28)32-17-9-13(11-24)8-16-19(17)23(30)26-5-7-31-16/h2-4,6,8-9,15,18,20-21,28-29H,5,7,10H2,1H3,(H,26,30)/t15-,18+,20+,21-/m1/s1. The van der Waals surface area contributed by atoms with Crippen LogP contribution in [0.3, 0.4) is 0 Å². The molecule has 9 heteroatoms. The number of aromatic nitrogens is 2. The second kappa shape index (κ2) is 7.82. The highest BCUT2D eigenvalue weighted by Gasteiger charge is 2.45. The maximum atomic E-state index is 12.6. The maximum Gasteiger partial charge on any atom is 0.258 e. The van der Waals surface area contributed by atoms with Crippen LogP contribution in [0.15, 0.2) is 36.7 Å². The van der Waals surface area contributed by atoms with E-state index < -0.39 is 24.4 Å². The predicted octanol–water partition coefficient (Wildman–Crippen LogP) is 1.45. The molecule has 0 saturated heterocycles. The van der Waals surface area contributed by atoms with E-state index in [1.54, 1.807) is 6.20 Å². The van der Waals surface area contributed by atoms with Gasteiger partial charge in [-0.2, -0.15) is 5.26 Å². The number of fused-ring (bicyclic) bond motifs is 2. The van der Waals surface area contributed by atoms with Crippen LogP contribution in [0.4, 0.5) is 0 Å². The van der Waals surface area contributed by atoms with Crippen molar-refractivity contribution in [1.82, 2.24) is 14.9 Å². The largest absolute Gasteiger partial charge is 0.491 e. The van der Waals surface area contributed by atoms with Crippen molar-refractivity contribution in [2.75, 3.05) is 13.2 Å². The minimum atomic E-state index is -1.20. The Kier molecular flexibility index (Phi) is 4.96. The molecule has 1 amide bonds. The molecule has 3 aromatic rings. The van der Waals surface area contributed by atoms with Gasteiger partial charge in [-0.1, -0.05) is 0 Å². The average molecular weight is 434 g/mol. The lowest BCUT2D eigenvalue weighted by atomic mass is 10.1. The van der Waals surface area contributed by atoms with Gasteiger partial charge in [0, 0.05) is 24.2 Å². The van der Waals surface area contributed by atoms with Gasteiger partial charge in [0.2, 0.25) is 0 Å². The van der Waals surface area contributed by atoms with Gasteiger partial charge < -0.3 is 29.6 Å². The number of rotatable bonds is 3. The number of nitrogens with one attached hydrogen (secondary N) is 1. The lowest BCUT2D eigenvalue weighted by Crippen LogP contribution is -2.34. The molecule has 1 saturated carbocycles. The van der Waals surface area contributed by atoms with Crippen molar-refractivity contribution in [3.63, 3.8) is 0 Å². The molecule has 9 nitrogen and oxygen atoms in total. The van der Waals surface area contributed by atoms with Crippen molar-refractivity contribution in [2.45, 2.75) is 37.7 Å². The molecule has 0 radical (unpaired) electrons. The monoisotopic (exact) mass is 434 g/mol. The molecule has 3 heterocycles. The van der Waals surface area contributed by atoms with Crippen LogP contribution in [0, 0.1) is 18.3 Å². The number of aliphatic hydroxyl groups is 2. The summed E-state index contributed by atoms with van der Waals surface area (Å²) in [4.78, 5) is 17.0. The van der Waals surface area contributed by atoms with Gasteiger partial charge in [-0.15, -0.1) is 0 Å². The zero-order valence-corrected chi connectivity index (χ0v) is 17.4. The Balaban J connectivity index is 1.49. The number of ether oxygens (including phenoxy) is 2. The van der Waals surface area contributed by atoms with E-state index in [-0.39, 0.29) is 41.6 Å². The second-order valence-electron chi connectivity index (χ2n) is 8.09. The Hall–Kier alpha value is -3.61. The van der Waals surface area contributed by atoms with Crippen LogP contribution in [-0.4, -0.2) is 57.1 Å². The SMILES string of the molecule is Cc1ccnc2c1ccn2[C@@H]1C[C@H](Oc2cc(C#N)cc3c2C(=O)NCCO3)[C@@H](O)[C@H]1O. The quantitative estimate of drug-likeness (QED) is 0.569. The smallest absolute Gasteiger partial charge is 0.258 e. The topological polar surface area (TPSA) is 130 Å². The van der Waals surface area contributed by atoms with Crippen molar-refractivity contribution in [3.05, 3.63) is 53.3 Å². The van der Waals surface area contributed by atoms with Crippen LogP contribution in [-0.2, 0) is 0 Å². The number of carbonyl (C=O) groups is 1. The third-order valence-corrected chi connectivity index (χ3v) is 6.14. The lowest BCUT2D eigenvalue weighted by molar-refractivity contribution is -0.0165. The average Bonchev–Trinajstić information content (AvgIpc) is 3.26. The van der Waals surface area contributed by atoms with Gasteiger partial charge in [-0.05, 0) is 36.8 Å². The first-order chi connectivity index (χ1) is 15.5. The molecule has 1 aliphatic heterocycles. The molecular weight excluding hydrogens is 412 g/mol. The Labute approximate surface area is 183 Å². The number of carbonyl (C=O) groups excluding carboxylic acids is 1. The highest BCUT2D eigenvalue weighted by atomic mass is 16.5. The Bertz CT molecular complexity index is 1250. The van der Waals surface area contributed by atoms with Gasteiger partial charge in [-0.3, -0.25) is 4.79 Å². The molecule has 32 heavy (non-hydrogen) atoms. The van der Waals surface area contributed by atoms with E-state index in [2.05, 4.69) is 10.3 Å². The number of nitrogens with zero attached hydrogens (tertiary/aromatic N) is 3. The van der Waals surface area contributed by atoms with Crippen molar-refractivity contribution in [2.24, 2.45) is 0 Å². The fourth-order valence-corrected chi connectivity index (χ4v) is 4.48. The van der Waals surface area contributed by atoms with E-state index in [4.69, 9.17) is 9.47 Å². The number of aryl methyl sites for hydroxylation is 1. The molecule has 1 fully saturated rings. The molecule has 1 aromatic carbocycles. The summed E-state index contributed by atoms with van der Waals surface area (Å²) in [6.07, 6.45) is 0.749. The zero-order chi connectivity index (χ0) is 22.4. The van der Waals surface area contributed by atoms with Gasteiger partial charge >= 0.3 is 0 Å². The van der Waals surface area contributed by atoms with E-state index in [1.807, 2.05) is 35.9 Å². The summed E-state index contributed by atoms with van der Waals surface area (Å²) in [6, 6.07) is 8.37. The van der Waals surface area contributed by atoms with E-state index in [1.165, 1.54) is 12.1 Å². The van der Waals surface area contributed by atoms with Gasteiger partial charge in [0.1, 0.15) is 47.6 Å². The summed E-state index contributed by atoms with van der Waals surface area (Å²) in [5.74, 6) is 0.0223. The first kappa shape index (κ1) is 20.3. The van der Waals surface area contributed by atoms with Crippen molar-refractivity contribution < 1.29 is 24.5 Å². The molecule has 4 atom stereocenters. The van der Waals surface area contributed by atoms with Crippen LogP contribution < -0.4 is 14.8 Å². The summed E-state index contributed by atoms with van der Waals surface area (Å²) in [5.41, 5.74) is 2.23. The van der Waals surface area contributed by atoms with Gasteiger partial charge in [0.05, 0.1) is 24.2 Å². The van der Waals surface area contributed by atoms with Gasteiger partial charge in [-0.25, -0.2) is 4.98 Å². The molecule has 0 spiro atoms. The van der Waals surface area contributed by atoms with Crippen LogP contribution in [0.2, 0.25) is 0 Å². The van der Waals surface area contributed by atoms with E-state index in [9.17, 15) is 20.3 Å². The van der Waals surface area contributed by atoms with E-state index in [0.29, 0.717) is 6.54 Å². The second-order valence-corrected chi connectivity index (χ2v) is 8.09. The predicted molar refractivity (Wildman–Crippen MR) is 114 cm³/mol. The number of nitriles is 1. The number of amides is 1.